The summed E-state index contributed by atoms with van der Waals surface area (Å²) in [6.07, 6.45) is 6.57. The molecule has 0 unspecified atom stereocenters. The van der Waals surface area contributed by atoms with Crippen LogP contribution in [-0.4, -0.2) is 27.2 Å². The van der Waals surface area contributed by atoms with Crippen LogP contribution < -0.4 is 16.6 Å². The Kier molecular flexibility index (Phi) is 3.98. The van der Waals surface area contributed by atoms with Gasteiger partial charge in [-0.15, -0.1) is 0 Å². The number of rotatable bonds is 4. The minimum atomic E-state index is -0.605. The van der Waals surface area contributed by atoms with Gasteiger partial charge in [0.2, 0.25) is 0 Å². The van der Waals surface area contributed by atoms with Crippen LogP contribution in [0.2, 0.25) is 0 Å². The van der Waals surface area contributed by atoms with Crippen molar-refractivity contribution in [1.29, 1.82) is 0 Å². The zero-order valence-electron chi connectivity index (χ0n) is 10.7. The van der Waals surface area contributed by atoms with Gasteiger partial charge >= 0.3 is 0 Å². The molecule has 0 spiro atoms. The molecule has 100 valence electrons. The van der Waals surface area contributed by atoms with Crippen molar-refractivity contribution in [1.82, 2.24) is 9.97 Å². The van der Waals surface area contributed by atoms with E-state index in [0.29, 0.717) is 12.4 Å². The van der Waals surface area contributed by atoms with Crippen LogP contribution in [0.25, 0.3) is 0 Å². The van der Waals surface area contributed by atoms with Gasteiger partial charge in [-0.05, 0) is 19.8 Å². The van der Waals surface area contributed by atoms with Gasteiger partial charge in [0.1, 0.15) is 18.0 Å². The number of anilines is 2. The summed E-state index contributed by atoms with van der Waals surface area (Å²) in [5.41, 5.74) is 2.78. The minimum Gasteiger partial charge on any atom is -0.388 e. The molecule has 6 heteroatoms. The van der Waals surface area contributed by atoms with E-state index in [1.165, 1.54) is 12.7 Å². The molecule has 0 radical (unpaired) electrons. The molecule has 1 fully saturated rings. The molecule has 0 saturated heterocycles. The van der Waals surface area contributed by atoms with E-state index < -0.39 is 5.60 Å². The summed E-state index contributed by atoms with van der Waals surface area (Å²) in [5, 5.41) is 13.6. The van der Waals surface area contributed by atoms with Crippen LogP contribution >= 0.6 is 0 Å². The number of hydrogen-bond acceptors (Lipinski definition) is 6. The van der Waals surface area contributed by atoms with E-state index in [0.717, 1.165) is 37.1 Å². The number of aliphatic hydroxyl groups is 1. The Morgan fingerprint density at radius 3 is 2.61 bits per heavy atom. The molecule has 1 aromatic heterocycles. The van der Waals surface area contributed by atoms with Crippen molar-refractivity contribution in [2.75, 3.05) is 17.3 Å². The van der Waals surface area contributed by atoms with Crippen molar-refractivity contribution < 1.29 is 5.11 Å². The molecule has 18 heavy (non-hydrogen) atoms. The molecule has 1 saturated carbocycles. The number of nitrogens with two attached hydrogens (primary N) is 1. The van der Waals surface area contributed by atoms with E-state index in [-0.39, 0.29) is 0 Å². The Labute approximate surface area is 107 Å². The van der Waals surface area contributed by atoms with Gasteiger partial charge in [0.25, 0.3) is 0 Å². The summed E-state index contributed by atoms with van der Waals surface area (Å²) < 4.78 is 0. The third kappa shape index (κ3) is 2.88. The van der Waals surface area contributed by atoms with Crippen LogP contribution in [0, 0.1) is 6.92 Å². The van der Waals surface area contributed by atoms with Crippen molar-refractivity contribution in [2.24, 2.45) is 5.84 Å². The van der Waals surface area contributed by atoms with E-state index in [1.54, 1.807) is 0 Å². The van der Waals surface area contributed by atoms with Crippen molar-refractivity contribution in [3.8, 4) is 0 Å². The van der Waals surface area contributed by atoms with E-state index in [2.05, 4.69) is 20.7 Å². The first kappa shape index (κ1) is 13.0. The molecule has 1 aromatic rings. The summed E-state index contributed by atoms with van der Waals surface area (Å²) >= 11 is 0. The predicted molar refractivity (Wildman–Crippen MR) is 71.1 cm³/mol. The fraction of sp³-hybridized carbons (Fsp3) is 0.667. The van der Waals surface area contributed by atoms with Gasteiger partial charge in [0.05, 0.1) is 5.60 Å². The normalized spacial score (nSPS) is 18.4. The lowest BCUT2D eigenvalue weighted by molar-refractivity contribution is 0.0166. The van der Waals surface area contributed by atoms with Gasteiger partial charge in [-0.3, -0.25) is 0 Å². The van der Waals surface area contributed by atoms with Crippen LogP contribution in [0.15, 0.2) is 6.33 Å². The van der Waals surface area contributed by atoms with Gasteiger partial charge in [-0.25, -0.2) is 15.8 Å². The van der Waals surface area contributed by atoms with E-state index in [4.69, 9.17) is 5.84 Å². The fourth-order valence-electron chi connectivity index (χ4n) is 2.41. The molecule has 0 bridgehead atoms. The Hall–Kier alpha value is -1.40. The molecular formula is C12H21N5O. The van der Waals surface area contributed by atoms with Crippen molar-refractivity contribution in [2.45, 2.75) is 44.6 Å². The van der Waals surface area contributed by atoms with Gasteiger partial charge < -0.3 is 15.8 Å². The van der Waals surface area contributed by atoms with Gasteiger partial charge in [0, 0.05) is 12.1 Å². The summed E-state index contributed by atoms with van der Waals surface area (Å²) in [4.78, 5) is 8.19. The highest BCUT2D eigenvalue weighted by Crippen LogP contribution is 2.28. The van der Waals surface area contributed by atoms with Crippen LogP contribution in [0.1, 0.15) is 37.7 Å². The average molecular weight is 251 g/mol. The van der Waals surface area contributed by atoms with Crippen molar-refractivity contribution in [3.05, 3.63) is 11.9 Å². The van der Waals surface area contributed by atoms with Crippen LogP contribution in [0.4, 0.5) is 11.6 Å². The first-order valence-electron chi connectivity index (χ1n) is 6.39. The lowest BCUT2D eigenvalue weighted by atomic mass is 9.85. The van der Waals surface area contributed by atoms with Gasteiger partial charge in [0.15, 0.2) is 0 Å². The third-order valence-electron chi connectivity index (χ3n) is 3.59. The molecule has 0 aliphatic heterocycles. The second-order valence-electron chi connectivity index (χ2n) is 4.98. The molecule has 1 aliphatic carbocycles. The molecule has 6 nitrogen and oxygen atoms in total. The Balaban J connectivity index is 2.01. The summed E-state index contributed by atoms with van der Waals surface area (Å²) in [5.74, 6) is 6.69. The van der Waals surface area contributed by atoms with Crippen LogP contribution in [0.5, 0.6) is 0 Å². The minimum absolute atomic E-state index is 0.523. The standard InChI is InChI=1S/C12H21N5O/c1-9-10(15-8-16-11(9)17-13)14-7-12(18)5-3-2-4-6-12/h8,18H,2-7,13H2,1H3,(H2,14,15,16,17). The van der Waals surface area contributed by atoms with E-state index in [1.807, 2.05) is 6.92 Å². The predicted octanol–water partition coefficient (Wildman–Crippen LogP) is 1.18. The van der Waals surface area contributed by atoms with Crippen LogP contribution in [-0.2, 0) is 0 Å². The van der Waals surface area contributed by atoms with E-state index >= 15 is 0 Å². The number of nitrogens with zero attached hydrogens (tertiary/aromatic N) is 2. The first-order valence-corrected chi connectivity index (χ1v) is 6.39. The molecule has 0 atom stereocenters. The second-order valence-corrected chi connectivity index (χ2v) is 4.98. The third-order valence-corrected chi connectivity index (χ3v) is 3.59. The topological polar surface area (TPSA) is 96.1 Å². The Morgan fingerprint density at radius 2 is 1.94 bits per heavy atom. The second kappa shape index (κ2) is 5.49. The highest BCUT2D eigenvalue weighted by atomic mass is 16.3. The highest BCUT2D eigenvalue weighted by Gasteiger charge is 2.29. The van der Waals surface area contributed by atoms with Crippen LogP contribution in [0.3, 0.4) is 0 Å². The first-order chi connectivity index (χ1) is 8.64. The largest absolute Gasteiger partial charge is 0.388 e. The number of hydrazine groups is 1. The van der Waals surface area contributed by atoms with Gasteiger partial charge in [-0.2, -0.15) is 0 Å². The SMILES string of the molecule is Cc1c(NN)ncnc1NCC1(O)CCCCC1. The van der Waals surface area contributed by atoms with Gasteiger partial charge in [-0.1, -0.05) is 19.3 Å². The maximum absolute atomic E-state index is 10.4. The number of nitrogen functional groups attached to an aromatic ring is 1. The molecular weight excluding hydrogens is 230 g/mol. The quantitative estimate of drug-likeness (QED) is 0.474. The summed E-state index contributed by atoms with van der Waals surface area (Å²) in [6.45, 7) is 2.41. The Morgan fingerprint density at radius 1 is 1.28 bits per heavy atom. The van der Waals surface area contributed by atoms with Crippen molar-refractivity contribution >= 4 is 11.6 Å². The lowest BCUT2D eigenvalue weighted by Crippen LogP contribution is -2.39. The maximum Gasteiger partial charge on any atom is 0.148 e. The van der Waals surface area contributed by atoms with Crippen molar-refractivity contribution in [3.63, 3.8) is 0 Å². The zero-order valence-corrected chi connectivity index (χ0v) is 10.7. The summed E-state index contributed by atoms with van der Waals surface area (Å²) in [6, 6.07) is 0. The number of nitrogens with one attached hydrogen (secondary N) is 2. The number of aromatic nitrogens is 2. The van der Waals surface area contributed by atoms with E-state index in [9.17, 15) is 5.11 Å². The molecule has 0 aromatic carbocycles. The molecule has 1 aliphatic rings. The highest BCUT2D eigenvalue weighted by molar-refractivity contribution is 5.55. The molecule has 1 heterocycles. The lowest BCUT2D eigenvalue weighted by Gasteiger charge is -2.32. The smallest absolute Gasteiger partial charge is 0.148 e. The Bertz CT molecular complexity index is 403. The molecule has 2 rings (SSSR count). The molecule has 5 N–H and O–H groups in total. The summed E-state index contributed by atoms with van der Waals surface area (Å²) in [7, 11) is 0. The average Bonchev–Trinajstić information content (AvgIpc) is 2.38. The fourth-order valence-corrected chi connectivity index (χ4v) is 2.41. The maximum atomic E-state index is 10.4. The number of hydrogen-bond donors (Lipinski definition) is 4. The zero-order chi connectivity index (χ0) is 13.0. The molecule has 0 amide bonds. The monoisotopic (exact) mass is 251 g/mol.